The predicted octanol–water partition coefficient (Wildman–Crippen LogP) is 1.73. The molecule has 5 heteroatoms. The van der Waals surface area contributed by atoms with E-state index >= 15 is 0 Å². The zero-order valence-electron chi connectivity index (χ0n) is 12.6. The van der Waals surface area contributed by atoms with Crippen LogP contribution in [0, 0.1) is 12.7 Å². The highest BCUT2D eigenvalue weighted by molar-refractivity contribution is 5.26. The van der Waals surface area contributed by atoms with Crippen molar-refractivity contribution >= 4 is 0 Å². The smallest absolute Gasteiger partial charge is 0.126 e. The molecule has 1 aromatic rings. The van der Waals surface area contributed by atoms with Crippen LogP contribution in [0.5, 0.6) is 0 Å². The van der Waals surface area contributed by atoms with Crippen LogP contribution < -0.4 is 5.73 Å². The maximum Gasteiger partial charge on any atom is 0.126 e. The van der Waals surface area contributed by atoms with E-state index in [2.05, 4.69) is 4.90 Å². The summed E-state index contributed by atoms with van der Waals surface area (Å²) in [7, 11) is 3.33. The Bertz CT molecular complexity index is 393. The Morgan fingerprint density at radius 2 is 1.80 bits per heavy atom. The zero-order chi connectivity index (χ0) is 15.0. The van der Waals surface area contributed by atoms with E-state index in [0.29, 0.717) is 25.3 Å². The predicted molar refractivity (Wildman–Crippen MR) is 78.3 cm³/mol. The van der Waals surface area contributed by atoms with Gasteiger partial charge in [-0.25, -0.2) is 4.39 Å². The van der Waals surface area contributed by atoms with Crippen LogP contribution in [0.15, 0.2) is 18.2 Å². The lowest BCUT2D eigenvalue weighted by atomic mass is 10.0. The van der Waals surface area contributed by atoms with Gasteiger partial charge in [0.1, 0.15) is 5.82 Å². The number of hydrogen-bond donors (Lipinski definition) is 1. The quantitative estimate of drug-likeness (QED) is 0.750. The number of nitrogens with zero attached hydrogens (tertiary/aromatic N) is 1. The first-order chi connectivity index (χ1) is 9.63. The van der Waals surface area contributed by atoms with Gasteiger partial charge in [-0.15, -0.1) is 0 Å². The number of nitrogens with two attached hydrogens (primary N) is 1. The lowest BCUT2D eigenvalue weighted by Gasteiger charge is -2.31. The van der Waals surface area contributed by atoms with Crippen molar-refractivity contribution in [3.63, 3.8) is 0 Å². The molecule has 1 atom stereocenters. The molecule has 0 aromatic heterocycles. The van der Waals surface area contributed by atoms with Crippen molar-refractivity contribution in [2.24, 2.45) is 5.73 Å². The molecule has 0 saturated carbocycles. The van der Waals surface area contributed by atoms with E-state index < -0.39 is 0 Å². The fourth-order valence-corrected chi connectivity index (χ4v) is 2.15. The topological polar surface area (TPSA) is 47.7 Å². The molecule has 114 valence electrons. The highest BCUT2D eigenvalue weighted by atomic mass is 19.1. The van der Waals surface area contributed by atoms with E-state index in [1.807, 2.05) is 6.07 Å². The van der Waals surface area contributed by atoms with E-state index in [9.17, 15) is 4.39 Å². The first kappa shape index (κ1) is 17.0. The lowest BCUT2D eigenvalue weighted by molar-refractivity contribution is 0.0890. The van der Waals surface area contributed by atoms with Gasteiger partial charge in [0.2, 0.25) is 0 Å². The summed E-state index contributed by atoms with van der Waals surface area (Å²) in [5.74, 6) is -0.195. The Balaban J connectivity index is 2.88. The zero-order valence-corrected chi connectivity index (χ0v) is 12.6. The molecular weight excluding hydrogens is 259 g/mol. The van der Waals surface area contributed by atoms with Crippen molar-refractivity contribution < 1.29 is 13.9 Å². The fourth-order valence-electron chi connectivity index (χ4n) is 2.15. The van der Waals surface area contributed by atoms with Gasteiger partial charge in [0.05, 0.1) is 13.2 Å². The number of halogens is 1. The van der Waals surface area contributed by atoms with Gasteiger partial charge in [0, 0.05) is 39.9 Å². The maximum atomic E-state index is 13.7. The fraction of sp³-hybridized carbons (Fsp3) is 0.600. The minimum absolute atomic E-state index is 0.0320. The largest absolute Gasteiger partial charge is 0.383 e. The van der Waals surface area contributed by atoms with Gasteiger partial charge >= 0.3 is 0 Å². The molecule has 0 saturated heterocycles. The molecule has 1 aromatic carbocycles. The van der Waals surface area contributed by atoms with E-state index in [0.717, 1.165) is 18.7 Å². The van der Waals surface area contributed by atoms with Crippen molar-refractivity contribution in [3.05, 3.63) is 35.1 Å². The van der Waals surface area contributed by atoms with Crippen molar-refractivity contribution in [2.45, 2.75) is 13.0 Å². The first-order valence-electron chi connectivity index (χ1n) is 6.82. The number of rotatable bonds is 9. The monoisotopic (exact) mass is 284 g/mol. The third-order valence-electron chi connectivity index (χ3n) is 3.41. The van der Waals surface area contributed by atoms with Crippen molar-refractivity contribution in [1.29, 1.82) is 0 Å². The molecule has 0 aliphatic heterocycles. The molecule has 0 fully saturated rings. The summed E-state index contributed by atoms with van der Waals surface area (Å²) in [6, 6.07) is 5.26. The van der Waals surface area contributed by atoms with Crippen molar-refractivity contribution in [2.75, 3.05) is 47.1 Å². The van der Waals surface area contributed by atoms with E-state index in [4.69, 9.17) is 15.2 Å². The van der Waals surface area contributed by atoms with Gasteiger partial charge in [0.25, 0.3) is 0 Å². The second-order valence-corrected chi connectivity index (χ2v) is 4.78. The van der Waals surface area contributed by atoms with Crippen LogP contribution in [0.3, 0.4) is 0 Å². The Morgan fingerprint density at radius 1 is 1.20 bits per heavy atom. The summed E-state index contributed by atoms with van der Waals surface area (Å²) < 4.78 is 24.0. The molecule has 2 N–H and O–H groups in total. The molecular formula is C15H25FN2O2. The maximum absolute atomic E-state index is 13.7. The molecule has 1 unspecified atom stereocenters. The number of hydrogen-bond acceptors (Lipinski definition) is 4. The Morgan fingerprint density at radius 3 is 2.25 bits per heavy atom. The molecule has 20 heavy (non-hydrogen) atoms. The second-order valence-electron chi connectivity index (χ2n) is 4.78. The number of ether oxygens (including phenoxy) is 2. The van der Waals surface area contributed by atoms with Gasteiger partial charge < -0.3 is 15.2 Å². The van der Waals surface area contributed by atoms with Crippen LogP contribution in [0.4, 0.5) is 4.39 Å². The molecule has 0 aliphatic carbocycles. The standard InChI is InChI=1S/C15H25FN2O2/c1-12-4-5-13(10-14(12)16)15(11-17)18(6-8-19-2)7-9-20-3/h4-5,10,15H,6-9,11,17H2,1-3H3. The highest BCUT2D eigenvalue weighted by Gasteiger charge is 2.19. The minimum Gasteiger partial charge on any atom is -0.383 e. The third kappa shape index (κ3) is 4.83. The van der Waals surface area contributed by atoms with Gasteiger partial charge in [-0.2, -0.15) is 0 Å². The van der Waals surface area contributed by atoms with Crippen LogP contribution in [0.25, 0.3) is 0 Å². The van der Waals surface area contributed by atoms with Gasteiger partial charge in [-0.05, 0) is 24.1 Å². The summed E-state index contributed by atoms with van der Waals surface area (Å²) in [4.78, 5) is 2.16. The van der Waals surface area contributed by atoms with Crippen LogP contribution >= 0.6 is 0 Å². The molecule has 0 aliphatic rings. The van der Waals surface area contributed by atoms with E-state index in [-0.39, 0.29) is 11.9 Å². The number of aryl methyl sites for hydroxylation is 1. The Labute approximate surface area is 120 Å². The summed E-state index contributed by atoms with van der Waals surface area (Å²) in [6.45, 7) is 4.86. The molecule has 0 amide bonds. The average molecular weight is 284 g/mol. The van der Waals surface area contributed by atoms with Gasteiger partial charge in [0.15, 0.2) is 0 Å². The van der Waals surface area contributed by atoms with Crippen LogP contribution in [-0.2, 0) is 9.47 Å². The summed E-state index contributed by atoms with van der Waals surface area (Å²) >= 11 is 0. The van der Waals surface area contributed by atoms with Crippen molar-refractivity contribution in [1.82, 2.24) is 4.90 Å². The van der Waals surface area contributed by atoms with Crippen LogP contribution in [-0.4, -0.2) is 52.0 Å². The normalized spacial score (nSPS) is 12.9. The lowest BCUT2D eigenvalue weighted by Crippen LogP contribution is -2.38. The number of benzene rings is 1. The minimum atomic E-state index is -0.195. The van der Waals surface area contributed by atoms with Crippen LogP contribution in [0.2, 0.25) is 0 Å². The number of methoxy groups -OCH3 is 2. The SMILES string of the molecule is COCCN(CCOC)C(CN)c1ccc(C)c(F)c1. The molecule has 1 rings (SSSR count). The van der Waals surface area contributed by atoms with Crippen LogP contribution in [0.1, 0.15) is 17.2 Å². The van der Waals surface area contributed by atoms with E-state index in [1.54, 1.807) is 33.3 Å². The Kier molecular flexibility index (Phi) is 7.69. The van der Waals surface area contributed by atoms with Gasteiger partial charge in [-0.1, -0.05) is 12.1 Å². The summed E-state index contributed by atoms with van der Waals surface area (Å²) in [5, 5.41) is 0. The average Bonchev–Trinajstić information content (AvgIpc) is 2.45. The third-order valence-corrected chi connectivity index (χ3v) is 3.41. The molecule has 0 bridgehead atoms. The molecule has 0 heterocycles. The van der Waals surface area contributed by atoms with Gasteiger partial charge in [-0.3, -0.25) is 4.90 Å². The highest BCUT2D eigenvalue weighted by Crippen LogP contribution is 2.21. The van der Waals surface area contributed by atoms with E-state index in [1.165, 1.54) is 0 Å². The van der Waals surface area contributed by atoms with Crippen molar-refractivity contribution in [3.8, 4) is 0 Å². The summed E-state index contributed by atoms with van der Waals surface area (Å²) in [6.07, 6.45) is 0. The Hall–Kier alpha value is -1.01. The molecule has 4 nitrogen and oxygen atoms in total. The second kappa shape index (κ2) is 9.02. The summed E-state index contributed by atoms with van der Waals surface area (Å²) in [5.41, 5.74) is 7.43. The first-order valence-corrected chi connectivity index (χ1v) is 6.82. The molecule has 0 spiro atoms. The molecule has 0 radical (unpaired) electrons.